The van der Waals surface area contributed by atoms with Gasteiger partial charge in [-0.1, -0.05) is 243 Å². The Hall–Kier alpha value is -16.1. The lowest BCUT2D eigenvalue weighted by Gasteiger charge is -2.22. The van der Waals surface area contributed by atoms with Crippen LogP contribution < -0.4 is 0 Å². The minimum absolute atomic E-state index is 0.0719. The fourth-order valence-electron chi connectivity index (χ4n) is 15.0. The molecule has 14 aromatic carbocycles. The van der Waals surface area contributed by atoms with Crippen molar-refractivity contribution in [3.63, 3.8) is 0 Å². The first-order valence-electron chi connectivity index (χ1n) is 37.3. The van der Waals surface area contributed by atoms with Crippen LogP contribution in [0.2, 0.25) is 0 Å². The summed E-state index contributed by atoms with van der Waals surface area (Å²) in [5.41, 5.74) is 7.00. The van der Waals surface area contributed by atoms with Crippen LogP contribution in [0.15, 0.2) is 328 Å². The van der Waals surface area contributed by atoms with Gasteiger partial charge in [0.05, 0.1) is 50.6 Å². The van der Waals surface area contributed by atoms with E-state index in [1.807, 2.05) is 267 Å². The second-order valence-corrected chi connectivity index (χ2v) is 27.7. The molecule has 0 bridgehead atoms. The summed E-state index contributed by atoms with van der Waals surface area (Å²) in [4.78, 5) is 60.8. The number of fused-ring (bicyclic) bond motifs is 6. The number of benzene rings is 14. The summed E-state index contributed by atoms with van der Waals surface area (Å²) < 4.78 is 89.2. The molecule has 0 N–H and O–H groups in total. The number of nitrogens with zero attached hydrogens (tertiary/aromatic N) is 15. The van der Waals surface area contributed by atoms with Crippen molar-refractivity contribution < 1.29 is 22.0 Å². The Labute approximate surface area is 663 Å². The van der Waals surface area contributed by atoms with Crippen molar-refractivity contribution in [2.45, 2.75) is 0 Å². The van der Waals surface area contributed by atoms with Gasteiger partial charge in [-0.3, -0.25) is 0 Å². The Morgan fingerprint density at radius 1 is 0.197 bits per heavy atom. The molecular formula is C97H54F5N15. The summed E-state index contributed by atoms with van der Waals surface area (Å²) in [6.07, 6.45) is 0. The lowest BCUT2D eigenvalue weighted by atomic mass is 9.96. The van der Waals surface area contributed by atoms with E-state index >= 15 is 22.0 Å². The molecule has 0 amide bonds. The monoisotopic (exact) mass is 1520 g/mol. The van der Waals surface area contributed by atoms with Gasteiger partial charge in [-0.2, -0.15) is 5.26 Å². The highest BCUT2D eigenvalue weighted by Gasteiger charge is 2.34. The molecule has 20 heteroatoms. The summed E-state index contributed by atoms with van der Waals surface area (Å²) in [5, 5.41) is 13.6. The quantitative estimate of drug-likeness (QED) is 0.0536. The Balaban J connectivity index is 0.883. The first kappa shape index (κ1) is 70.0. The molecule has 0 saturated carbocycles. The van der Waals surface area contributed by atoms with E-state index in [0.717, 1.165) is 44.5 Å². The van der Waals surface area contributed by atoms with Crippen LogP contribution in [-0.4, -0.2) is 68.9 Å². The fraction of sp³-hybridized carbons (Fsp3) is 0. The molecule has 0 aliphatic rings. The van der Waals surface area contributed by atoms with Crippen molar-refractivity contribution in [3.8, 4) is 165 Å². The molecule has 0 saturated heterocycles. The van der Waals surface area contributed by atoms with Crippen molar-refractivity contribution in [2.75, 3.05) is 0 Å². The topological polar surface area (TPSA) is 188 Å². The highest BCUT2D eigenvalue weighted by Crippen LogP contribution is 2.48. The van der Waals surface area contributed by atoms with Gasteiger partial charge in [0.25, 0.3) is 0 Å². The third-order valence-corrected chi connectivity index (χ3v) is 20.5. The minimum Gasteiger partial charge on any atom is -0.308 e. The molecule has 0 aliphatic carbocycles. The first-order valence-corrected chi connectivity index (χ1v) is 37.3. The third kappa shape index (κ3) is 12.8. The van der Waals surface area contributed by atoms with Crippen molar-refractivity contribution in [3.05, 3.63) is 362 Å². The Kier molecular flexibility index (Phi) is 17.5. The van der Waals surface area contributed by atoms with Gasteiger partial charge in [-0.25, -0.2) is 81.8 Å². The number of hydrogen-bond acceptors (Lipinski definition) is 13. The third-order valence-electron chi connectivity index (χ3n) is 20.5. The minimum atomic E-state index is -2.37. The van der Waals surface area contributed by atoms with Crippen LogP contribution in [-0.2, 0) is 0 Å². The van der Waals surface area contributed by atoms with Gasteiger partial charge >= 0.3 is 0 Å². The van der Waals surface area contributed by atoms with Gasteiger partial charge in [0.1, 0.15) is 0 Å². The van der Waals surface area contributed by atoms with Crippen LogP contribution in [0, 0.1) is 40.4 Å². The molecule has 0 unspecified atom stereocenters. The van der Waals surface area contributed by atoms with Gasteiger partial charge in [0.2, 0.25) is 5.82 Å². The zero-order valence-electron chi connectivity index (χ0n) is 61.3. The van der Waals surface area contributed by atoms with Gasteiger partial charge in [-0.15, -0.1) is 0 Å². The Morgan fingerprint density at radius 2 is 0.376 bits per heavy atom. The Bertz CT molecular complexity index is 6340. The van der Waals surface area contributed by atoms with Crippen LogP contribution in [0.5, 0.6) is 0 Å². The van der Waals surface area contributed by atoms with E-state index in [2.05, 4.69) is 6.07 Å². The number of rotatable bonds is 15. The van der Waals surface area contributed by atoms with Crippen LogP contribution in [0.25, 0.3) is 203 Å². The SMILES string of the molecule is N#Cc1cc(-n2c3ccc(-c4nc(-c5ccccc5)nc(-c5ccccc5)n4)cc3c3cc(-c4nc(-c5ccccc5)nc(-c5ccccc5)n4)ccc32)c(-c2c(F)c(F)c(F)c(F)c2F)c(-n2c3ccc(-c4nc(-c5ccccc5)nc(-c5ccccc5)n4)cc3c3cc(-c4nc(-c5ccccc5)nc(-c5ccccc5)n4)ccc32)c1. The summed E-state index contributed by atoms with van der Waals surface area (Å²) in [6, 6.07) is 103. The molecule has 0 fully saturated rings. The summed E-state index contributed by atoms with van der Waals surface area (Å²) in [6.45, 7) is 0. The highest BCUT2D eigenvalue weighted by molar-refractivity contribution is 6.14. The predicted octanol–water partition coefficient (Wildman–Crippen LogP) is 22.9. The van der Waals surface area contributed by atoms with Gasteiger partial charge in [0.15, 0.2) is 93.2 Å². The van der Waals surface area contributed by atoms with E-state index in [1.165, 1.54) is 12.1 Å². The molecule has 20 rings (SSSR count). The molecule has 20 aromatic rings. The Morgan fingerprint density at radius 3 is 0.564 bits per heavy atom. The standard InChI is InChI=1S/C97H54F5N15/c98-81-80(82(99)84(101)85(102)83(81)100)79-77(116-73-45-41-65(94-108-86(57-25-9-1-10-26-57)104-87(109-94)58-27-11-2-12-28-58)51-69(73)70-52-66(42-46-74(70)116)95-110-88(59-29-13-3-14-30-59)105-89(111-95)60-31-15-4-16-32-60)49-56(55-103)50-78(79)117-75-47-43-67(96-112-90(61-33-17-5-18-34-61)106-91(113-96)62-35-19-6-20-36-62)53-71(75)72-54-68(44-48-76(72)117)97-114-92(63-37-21-7-22-38-63)107-93(115-97)64-39-23-8-24-40-64/h1-54H. The van der Waals surface area contributed by atoms with Crippen LogP contribution in [0.4, 0.5) is 22.0 Å². The van der Waals surface area contributed by atoms with E-state index in [1.54, 1.807) is 57.7 Å². The molecule has 0 spiro atoms. The molecule has 0 aliphatic heterocycles. The lowest BCUT2D eigenvalue weighted by molar-refractivity contribution is 0.381. The lowest BCUT2D eigenvalue weighted by Crippen LogP contribution is -2.10. The molecule has 6 aromatic heterocycles. The second-order valence-electron chi connectivity index (χ2n) is 27.7. The maximum atomic E-state index is 18.1. The van der Waals surface area contributed by atoms with Crippen molar-refractivity contribution in [1.82, 2.24) is 68.9 Å². The number of nitriles is 1. The molecule has 6 heterocycles. The summed E-state index contributed by atoms with van der Waals surface area (Å²) >= 11 is 0. The van der Waals surface area contributed by atoms with E-state index < -0.39 is 40.2 Å². The molecule has 552 valence electrons. The van der Waals surface area contributed by atoms with Gasteiger partial charge < -0.3 is 9.13 Å². The summed E-state index contributed by atoms with van der Waals surface area (Å²) in [5.74, 6) is -6.88. The van der Waals surface area contributed by atoms with E-state index in [0.29, 0.717) is 112 Å². The van der Waals surface area contributed by atoms with E-state index in [-0.39, 0.29) is 40.2 Å². The molecule has 15 nitrogen and oxygen atoms in total. The molecule has 0 radical (unpaired) electrons. The zero-order chi connectivity index (χ0) is 78.8. The fourth-order valence-corrected chi connectivity index (χ4v) is 15.0. The van der Waals surface area contributed by atoms with Crippen LogP contribution >= 0.6 is 0 Å². The van der Waals surface area contributed by atoms with E-state index in [9.17, 15) is 5.26 Å². The maximum absolute atomic E-state index is 18.1. The average molecular weight is 1520 g/mol. The van der Waals surface area contributed by atoms with Crippen molar-refractivity contribution in [1.29, 1.82) is 5.26 Å². The molecule has 117 heavy (non-hydrogen) atoms. The molecule has 0 atom stereocenters. The van der Waals surface area contributed by atoms with Crippen LogP contribution in [0.3, 0.4) is 0 Å². The first-order chi connectivity index (χ1) is 57.5. The zero-order valence-corrected chi connectivity index (χ0v) is 61.3. The average Bonchev–Trinajstić information content (AvgIpc) is 1.57. The predicted molar refractivity (Wildman–Crippen MR) is 444 cm³/mol. The number of halogens is 5. The largest absolute Gasteiger partial charge is 0.308 e. The number of hydrogen-bond donors (Lipinski definition) is 0. The van der Waals surface area contributed by atoms with Gasteiger partial charge in [-0.05, 0) is 84.9 Å². The van der Waals surface area contributed by atoms with Crippen molar-refractivity contribution in [2.24, 2.45) is 0 Å². The second kappa shape index (κ2) is 29.2. The smallest absolute Gasteiger partial charge is 0.200 e. The summed E-state index contributed by atoms with van der Waals surface area (Å²) in [7, 11) is 0. The normalized spacial score (nSPS) is 11.5. The number of aromatic nitrogens is 14. The van der Waals surface area contributed by atoms with Crippen molar-refractivity contribution >= 4 is 43.6 Å². The van der Waals surface area contributed by atoms with Crippen LogP contribution in [0.1, 0.15) is 5.56 Å². The maximum Gasteiger partial charge on any atom is 0.200 e. The van der Waals surface area contributed by atoms with E-state index in [4.69, 9.17) is 59.8 Å². The van der Waals surface area contributed by atoms with Gasteiger partial charge in [0, 0.05) is 93.9 Å². The molecular weight excluding hydrogens is 1470 g/mol. The highest BCUT2D eigenvalue weighted by atomic mass is 19.2.